The van der Waals surface area contributed by atoms with Crippen molar-refractivity contribution < 1.29 is 4.79 Å². The van der Waals surface area contributed by atoms with Gasteiger partial charge in [0, 0.05) is 43.1 Å². The van der Waals surface area contributed by atoms with Crippen molar-refractivity contribution in [3.8, 4) is 0 Å². The minimum Gasteiger partial charge on any atom is -0.354 e. The first-order chi connectivity index (χ1) is 12.2. The number of amides is 1. The lowest BCUT2D eigenvalue weighted by atomic mass is 9.79. The van der Waals surface area contributed by atoms with Gasteiger partial charge in [0.1, 0.15) is 0 Å². The van der Waals surface area contributed by atoms with Crippen LogP contribution in [0.15, 0.2) is 0 Å². The average Bonchev–Trinajstić information content (AvgIpc) is 2.68. The Morgan fingerprint density at radius 1 is 1.15 bits per heavy atom. The van der Waals surface area contributed by atoms with E-state index in [0.717, 1.165) is 25.6 Å². The number of hydrogen-bond acceptors (Lipinski definition) is 4. The van der Waals surface area contributed by atoms with E-state index in [9.17, 15) is 4.79 Å². The summed E-state index contributed by atoms with van der Waals surface area (Å²) in [5.41, 5.74) is 0.243. The molecule has 1 unspecified atom stereocenters. The molecule has 0 aromatic carbocycles. The number of rotatable bonds is 6. The second-order valence-corrected chi connectivity index (χ2v) is 9.65. The first-order valence-electron chi connectivity index (χ1n) is 10.5. The standard InChI is InChI=1S/C20H37N3OS.2ClH/c1-17(18-5-9-21-10-6-18)15-19(24)22-16-20(7-3-2-4-8-20)23-11-13-25-14-12-23;;/h17-18,21H,2-16H2,1H3,(H,22,24);2*1H. The predicted octanol–water partition coefficient (Wildman–Crippen LogP) is 3.72. The van der Waals surface area contributed by atoms with Gasteiger partial charge in [-0.3, -0.25) is 9.69 Å². The molecule has 2 heterocycles. The lowest BCUT2D eigenvalue weighted by molar-refractivity contribution is -0.123. The molecule has 1 saturated carbocycles. The smallest absolute Gasteiger partial charge is 0.220 e. The predicted molar refractivity (Wildman–Crippen MR) is 122 cm³/mol. The van der Waals surface area contributed by atoms with Crippen LogP contribution in [0.5, 0.6) is 0 Å². The number of halogens is 2. The van der Waals surface area contributed by atoms with E-state index in [2.05, 4.69) is 34.2 Å². The third-order valence-electron chi connectivity index (χ3n) is 6.78. The highest BCUT2D eigenvalue weighted by Gasteiger charge is 2.38. The number of hydrogen-bond donors (Lipinski definition) is 2. The summed E-state index contributed by atoms with van der Waals surface area (Å²) < 4.78 is 0. The summed E-state index contributed by atoms with van der Waals surface area (Å²) in [5.74, 6) is 4.01. The van der Waals surface area contributed by atoms with Crippen LogP contribution in [0.2, 0.25) is 0 Å². The van der Waals surface area contributed by atoms with Crippen LogP contribution in [0.25, 0.3) is 0 Å². The van der Waals surface area contributed by atoms with Gasteiger partial charge in [0.25, 0.3) is 0 Å². The minimum absolute atomic E-state index is 0. The molecule has 160 valence electrons. The van der Waals surface area contributed by atoms with Crippen molar-refractivity contribution in [2.24, 2.45) is 11.8 Å². The topological polar surface area (TPSA) is 44.4 Å². The SMILES string of the molecule is CC(CC(=O)NCC1(N2CCSCC2)CCCCC1)C1CCNCC1.Cl.Cl. The molecule has 1 amide bonds. The molecule has 1 aliphatic carbocycles. The molecule has 7 heteroatoms. The van der Waals surface area contributed by atoms with E-state index in [4.69, 9.17) is 0 Å². The van der Waals surface area contributed by atoms with E-state index in [0.29, 0.717) is 12.3 Å². The highest BCUT2D eigenvalue weighted by atomic mass is 35.5. The number of carbonyl (C=O) groups excluding carboxylic acids is 1. The van der Waals surface area contributed by atoms with Gasteiger partial charge in [0.15, 0.2) is 0 Å². The van der Waals surface area contributed by atoms with Crippen LogP contribution in [0.1, 0.15) is 58.3 Å². The molecular weight excluding hydrogens is 401 g/mol. The van der Waals surface area contributed by atoms with Crippen molar-refractivity contribution in [3.05, 3.63) is 0 Å². The van der Waals surface area contributed by atoms with Crippen LogP contribution < -0.4 is 10.6 Å². The molecule has 0 bridgehead atoms. The van der Waals surface area contributed by atoms with E-state index >= 15 is 0 Å². The van der Waals surface area contributed by atoms with Crippen molar-refractivity contribution >= 4 is 42.5 Å². The van der Waals surface area contributed by atoms with Crippen LogP contribution in [-0.4, -0.2) is 60.6 Å². The summed E-state index contributed by atoms with van der Waals surface area (Å²) in [4.78, 5) is 15.3. The summed E-state index contributed by atoms with van der Waals surface area (Å²) in [6.07, 6.45) is 9.70. The molecule has 2 aliphatic heterocycles. The summed E-state index contributed by atoms with van der Waals surface area (Å²) in [5, 5.41) is 6.78. The van der Waals surface area contributed by atoms with Crippen molar-refractivity contribution in [2.45, 2.75) is 63.8 Å². The zero-order valence-electron chi connectivity index (χ0n) is 16.8. The minimum atomic E-state index is 0. The zero-order valence-corrected chi connectivity index (χ0v) is 19.3. The molecule has 2 N–H and O–H groups in total. The van der Waals surface area contributed by atoms with Crippen molar-refractivity contribution in [1.29, 1.82) is 0 Å². The first-order valence-corrected chi connectivity index (χ1v) is 11.7. The highest BCUT2D eigenvalue weighted by molar-refractivity contribution is 7.99. The van der Waals surface area contributed by atoms with Gasteiger partial charge < -0.3 is 10.6 Å². The van der Waals surface area contributed by atoms with Crippen LogP contribution in [0, 0.1) is 11.8 Å². The Morgan fingerprint density at radius 2 is 1.78 bits per heavy atom. The van der Waals surface area contributed by atoms with E-state index in [1.54, 1.807) is 0 Å². The lowest BCUT2D eigenvalue weighted by Crippen LogP contribution is -2.59. The maximum atomic E-state index is 12.6. The molecule has 2 saturated heterocycles. The second-order valence-electron chi connectivity index (χ2n) is 8.43. The van der Waals surface area contributed by atoms with E-state index in [1.165, 1.54) is 69.5 Å². The van der Waals surface area contributed by atoms with Gasteiger partial charge >= 0.3 is 0 Å². The lowest BCUT2D eigenvalue weighted by Gasteiger charge is -2.48. The van der Waals surface area contributed by atoms with Gasteiger partial charge in [-0.15, -0.1) is 24.8 Å². The molecule has 3 aliphatic rings. The molecule has 0 radical (unpaired) electrons. The van der Waals surface area contributed by atoms with Crippen LogP contribution in [0.3, 0.4) is 0 Å². The number of carbonyl (C=O) groups is 1. The normalized spacial score (nSPS) is 24.9. The van der Waals surface area contributed by atoms with Crippen LogP contribution >= 0.6 is 36.6 Å². The molecule has 27 heavy (non-hydrogen) atoms. The number of piperidine rings is 1. The quantitative estimate of drug-likeness (QED) is 0.661. The number of nitrogens with one attached hydrogen (secondary N) is 2. The molecule has 0 spiro atoms. The third kappa shape index (κ3) is 7.26. The molecular formula is C20H39Cl2N3OS. The molecule has 0 aromatic rings. The van der Waals surface area contributed by atoms with E-state index < -0.39 is 0 Å². The second kappa shape index (κ2) is 12.8. The summed E-state index contributed by atoms with van der Waals surface area (Å²) in [6, 6.07) is 0. The fourth-order valence-corrected chi connectivity index (χ4v) is 5.96. The Labute approximate surface area is 182 Å². The molecule has 4 nitrogen and oxygen atoms in total. The molecule has 3 rings (SSSR count). The maximum absolute atomic E-state index is 12.6. The van der Waals surface area contributed by atoms with Gasteiger partial charge in [0.2, 0.25) is 5.91 Å². The van der Waals surface area contributed by atoms with Crippen molar-refractivity contribution in [2.75, 3.05) is 44.2 Å². The number of nitrogens with zero attached hydrogens (tertiary/aromatic N) is 1. The van der Waals surface area contributed by atoms with E-state index in [1.807, 2.05) is 0 Å². The Kier molecular flexibility index (Phi) is 12.0. The van der Waals surface area contributed by atoms with Crippen molar-refractivity contribution in [3.63, 3.8) is 0 Å². The summed E-state index contributed by atoms with van der Waals surface area (Å²) >= 11 is 2.08. The highest BCUT2D eigenvalue weighted by Crippen LogP contribution is 2.35. The monoisotopic (exact) mass is 439 g/mol. The Hall–Kier alpha value is 0.320. The van der Waals surface area contributed by atoms with Crippen LogP contribution in [-0.2, 0) is 4.79 Å². The number of thioether (sulfide) groups is 1. The fraction of sp³-hybridized carbons (Fsp3) is 0.950. The molecule has 0 aromatic heterocycles. The zero-order chi connectivity index (χ0) is 17.5. The van der Waals surface area contributed by atoms with Gasteiger partial charge in [-0.25, -0.2) is 0 Å². The van der Waals surface area contributed by atoms with Crippen molar-refractivity contribution in [1.82, 2.24) is 15.5 Å². The summed E-state index contributed by atoms with van der Waals surface area (Å²) in [6.45, 7) is 7.78. The van der Waals surface area contributed by atoms with E-state index in [-0.39, 0.29) is 36.3 Å². The van der Waals surface area contributed by atoms with Gasteiger partial charge in [0.05, 0.1) is 0 Å². The molecule has 3 fully saturated rings. The molecule has 1 atom stereocenters. The largest absolute Gasteiger partial charge is 0.354 e. The fourth-order valence-electron chi connectivity index (χ4n) is 5.06. The Bertz CT molecular complexity index is 423. The van der Waals surface area contributed by atoms with Gasteiger partial charge in [-0.05, 0) is 50.6 Å². The Balaban J connectivity index is 0.00000182. The maximum Gasteiger partial charge on any atom is 0.220 e. The average molecular weight is 441 g/mol. The third-order valence-corrected chi connectivity index (χ3v) is 7.72. The van der Waals surface area contributed by atoms with Gasteiger partial charge in [-0.1, -0.05) is 26.2 Å². The Morgan fingerprint density at radius 3 is 2.41 bits per heavy atom. The first kappa shape index (κ1) is 25.4. The van der Waals surface area contributed by atoms with Gasteiger partial charge in [-0.2, -0.15) is 11.8 Å². The van der Waals surface area contributed by atoms with Crippen LogP contribution in [0.4, 0.5) is 0 Å². The summed E-state index contributed by atoms with van der Waals surface area (Å²) in [7, 11) is 0.